The van der Waals surface area contributed by atoms with E-state index in [9.17, 15) is 13.2 Å². The number of likely N-dealkylation sites (tertiary alicyclic amines) is 1. The summed E-state index contributed by atoms with van der Waals surface area (Å²) in [4.78, 5) is 14.2. The molecule has 1 aromatic carbocycles. The fourth-order valence-electron chi connectivity index (χ4n) is 4.35. The maximum Gasteiger partial charge on any atom is 0.393 e. The van der Waals surface area contributed by atoms with Gasteiger partial charge in [-0.15, -0.1) is 11.3 Å². The summed E-state index contributed by atoms with van der Waals surface area (Å²) in [5.41, 5.74) is 1.30. The molecular weight excluding hydrogens is 449 g/mol. The van der Waals surface area contributed by atoms with Gasteiger partial charge in [0.15, 0.2) is 0 Å². The van der Waals surface area contributed by atoms with E-state index in [2.05, 4.69) is 44.0 Å². The van der Waals surface area contributed by atoms with Crippen molar-refractivity contribution in [3.63, 3.8) is 0 Å². The van der Waals surface area contributed by atoms with Gasteiger partial charge in [-0.2, -0.15) is 40.2 Å². The lowest BCUT2D eigenvalue weighted by Crippen LogP contribution is -2.54. The number of rotatable bonds is 4. The van der Waals surface area contributed by atoms with Crippen molar-refractivity contribution in [3.05, 3.63) is 53.2 Å². The fourth-order valence-corrected chi connectivity index (χ4v) is 5.37. The number of aromatic nitrogens is 2. The van der Waals surface area contributed by atoms with Gasteiger partial charge in [-0.05, 0) is 11.6 Å². The molecule has 0 bridgehead atoms. The molecule has 0 amide bonds. The summed E-state index contributed by atoms with van der Waals surface area (Å²) in [7, 11) is 0. The molecule has 2 saturated heterocycles. The van der Waals surface area contributed by atoms with E-state index >= 15 is 0 Å². The predicted octanol–water partition coefficient (Wildman–Crippen LogP) is 4.34. The van der Waals surface area contributed by atoms with E-state index in [4.69, 9.17) is 0 Å². The van der Waals surface area contributed by atoms with E-state index in [0.29, 0.717) is 16.8 Å². The number of halogens is 3. The first-order valence-corrected chi connectivity index (χ1v) is 10.1. The van der Waals surface area contributed by atoms with Crippen LogP contribution in [0.2, 0.25) is 0 Å². The lowest BCUT2D eigenvalue weighted by molar-refractivity contribution is -0.126. The molecule has 4 nitrogen and oxygen atoms in total. The van der Waals surface area contributed by atoms with E-state index < -0.39 is 12.6 Å². The van der Waals surface area contributed by atoms with Crippen molar-refractivity contribution in [1.82, 2.24) is 14.9 Å². The Morgan fingerprint density at radius 3 is 2.53 bits per heavy atom. The minimum Gasteiger partial charge on any atom is -0.354 e. The van der Waals surface area contributed by atoms with Crippen LogP contribution in [0.1, 0.15) is 10.4 Å². The fraction of sp³-hybridized carbons (Fsp3) is 0.400. The SMILES string of the molecule is FC(F)(F)Cc1cc2c(N3C[C@H]4CN(Cc5ccccc5)[C@H]4C3)ncnc2s1.S.S. The number of nitrogens with zero attached hydrogens (tertiary/aromatic N) is 4. The molecular formula is C20H23F3N4S3. The Kier molecular flexibility index (Phi) is 6.91. The van der Waals surface area contributed by atoms with Crippen molar-refractivity contribution in [2.45, 2.75) is 25.2 Å². The molecule has 0 saturated carbocycles. The third-order valence-corrected chi connectivity index (χ3v) is 6.65. The monoisotopic (exact) mass is 472 g/mol. The molecule has 4 heterocycles. The number of benzene rings is 1. The summed E-state index contributed by atoms with van der Waals surface area (Å²) >= 11 is 1.11. The Morgan fingerprint density at radius 1 is 1.03 bits per heavy atom. The molecule has 2 aliphatic heterocycles. The van der Waals surface area contributed by atoms with Crippen LogP contribution in [0.15, 0.2) is 42.7 Å². The summed E-state index contributed by atoms with van der Waals surface area (Å²) in [5, 5.41) is 0.739. The standard InChI is InChI=1S/C20H19F3N4S.2H2S/c21-20(22,23)7-15-6-16-18(24-12-25-19(16)28-15)27-10-14-9-26(17(14)11-27)8-13-4-2-1-3-5-13;;/h1-6,12,14,17H,7-11H2;2*1H2/t14-,17+;;/m1../s1. The molecule has 0 spiro atoms. The van der Waals surface area contributed by atoms with Gasteiger partial charge in [0.25, 0.3) is 0 Å². The lowest BCUT2D eigenvalue weighted by Gasteiger charge is -2.43. The summed E-state index contributed by atoms with van der Waals surface area (Å²) in [6.07, 6.45) is -3.66. The van der Waals surface area contributed by atoms with E-state index in [1.807, 2.05) is 6.07 Å². The first-order valence-electron chi connectivity index (χ1n) is 9.29. The van der Waals surface area contributed by atoms with Gasteiger partial charge in [-0.3, -0.25) is 4.90 Å². The van der Waals surface area contributed by atoms with Crippen LogP contribution in [0.25, 0.3) is 10.2 Å². The predicted molar refractivity (Wildman–Crippen MR) is 124 cm³/mol. The normalized spacial score (nSPS) is 21.0. The summed E-state index contributed by atoms with van der Waals surface area (Å²) in [5.74, 6) is 1.35. The summed E-state index contributed by atoms with van der Waals surface area (Å²) in [6.45, 7) is 3.73. The zero-order chi connectivity index (χ0) is 19.3. The Labute approximate surface area is 191 Å². The second-order valence-corrected chi connectivity index (χ2v) is 8.68. The van der Waals surface area contributed by atoms with Crippen molar-refractivity contribution < 1.29 is 13.2 Å². The number of hydrogen-bond acceptors (Lipinski definition) is 5. The zero-order valence-corrected chi connectivity index (χ0v) is 18.9. The first-order chi connectivity index (χ1) is 13.5. The molecule has 2 atom stereocenters. The number of hydrogen-bond donors (Lipinski definition) is 0. The second-order valence-electron chi connectivity index (χ2n) is 7.57. The Hall–Kier alpha value is -1.49. The van der Waals surface area contributed by atoms with E-state index in [1.165, 1.54) is 11.9 Å². The molecule has 0 radical (unpaired) electrons. The largest absolute Gasteiger partial charge is 0.393 e. The molecule has 0 aliphatic carbocycles. The van der Waals surface area contributed by atoms with Gasteiger partial charge in [-0.25, -0.2) is 9.97 Å². The third kappa shape index (κ3) is 4.56. The molecule has 0 unspecified atom stereocenters. The lowest BCUT2D eigenvalue weighted by atomic mass is 9.91. The first kappa shape index (κ1) is 23.2. The average molecular weight is 473 g/mol. The molecule has 30 heavy (non-hydrogen) atoms. The van der Waals surface area contributed by atoms with Crippen LogP contribution >= 0.6 is 38.3 Å². The highest BCUT2D eigenvalue weighted by atomic mass is 32.1. The van der Waals surface area contributed by atoms with Crippen molar-refractivity contribution >= 4 is 54.4 Å². The smallest absolute Gasteiger partial charge is 0.354 e. The quantitative estimate of drug-likeness (QED) is 0.566. The van der Waals surface area contributed by atoms with Gasteiger partial charge in [0.05, 0.1) is 11.8 Å². The van der Waals surface area contributed by atoms with Crippen LogP contribution < -0.4 is 4.90 Å². The Balaban J connectivity index is 0.00000128. The maximum absolute atomic E-state index is 12.8. The van der Waals surface area contributed by atoms with Crippen LogP contribution in [0.3, 0.4) is 0 Å². The Bertz CT molecular complexity index is 996. The average Bonchev–Trinajstić information content (AvgIpc) is 3.19. The minimum atomic E-state index is -4.21. The van der Waals surface area contributed by atoms with Gasteiger partial charge < -0.3 is 4.90 Å². The van der Waals surface area contributed by atoms with Crippen LogP contribution in [0.5, 0.6) is 0 Å². The molecule has 5 rings (SSSR count). The topological polar surface area (TPSA) is 32.3 Å². The molecule has 10 heteroatoms. The minimum absolute atomic E-state index is 0. The molecule has 2 aromatic heterocycles. The highest BCUT2D eigenvalue weighted by molar-refractivity contribution is 7.59. The summed E-state index contributed by atoms with van der Waals surface area (Å²) < 4.78 is 38.3. The van der Waals surface area contributed by atoms with Crippen LogP contribution in [-0.4, -0.2) is 46.7 Å². The van der Waals surface area contributed by atoms with Crippen molar-refractivity contribution in [3.8, 4) is 0 Å². The van der Waals surface area contributed by atoms with Crippen LogP contribution in [-0.2, 0) is 13.0 Å². The second kappa shape index (κ2) is 8.94. The van der Waals surface area contributed by atoms with Crippen LogP contribution in [0.4, 0.5) is 19.0 Å². The van der Waals surface area contributed by atoms with E-state index in [0.717, 1.165) is 48.7 Å². The van der Waals surface area contributed by atoms with Crippen LogP contribution in [0, 0.1) is 5.92 Å². The molecule has 0 N–H and O–H groups in total. The number of thiophene rings is 1. The molecule has 162 valence electrons. The number of anilines is 1. The number of fused-ring (bicyclic) bond motifs is 2. The van der Waals surface area contributed by atoms with Gasteiger partial charge in [-0.1, -0.05) is 30.3 Å². The zero-order valence-electron chi connectivity index (χ0n) is 16.1. The van der Waals surface area contributed by atoms with Gasteiger partial charge >= 0.3 is 6.18 Å². The molecule has 2 aliphatic rings. The van der Waals surface area contributed by atoms with Crippen molar-refractivity contribution in [2.24, 2.45) is 5.92 Å². The van der Waals surface area contributed by atoms with Crippen molar-refractivity contribution in [1.29, 1.82) is 0 Å². The van der Waals surface area contributed by atoms with Gasteiger partial charge in [0.2, 0.25) is 0 Å². The van der Waals surface area contributed by atoms with E-state index in [1.54, 1.807) is 6.07 Å². The Morgan fingerprint density at radius 2 is 1.80 bits per heavy atom. The maximum atomic E-state index is 12.8. The molecule has 3 aromatic rings. The van der Waals surface area contributed by atoms with E-state index in [-0.39, 0.29) is 31.9 Å². The summed E-state index contributed by atoms with van der Waals surface area (Å²) in [6, 6.07) is 12.5. The highest BCUT2D eigenvalue weighted by Crippen LogP contribution is 2.39. The van der Waals surface area contributed by atoms with Gasteiger partial charge in [0.1, 0.15) is 17.0 Å². The van der Waals surface area contributed by atoms with Gasteiger partial charge in [0, 0.05) is 43.0 Å². The third-order valence-electron chi connectivity index (χ3n) is 5.61. The van der Waals surface area contributed by atoms with Crippen molar-refractivity contribution in [2.75, 3.05) is 24.5 Å². The molecule has 2 fully saturated rings. The highest BCUT2D eigenvalue weighted by Gasteiger charge is 2.46. The number of alkyl halides is 3.